The maximum absolute atomic E-state index is 12.8. The van der Waals surface area contributed by atoms with Gasteiger partial charge in [0.05, 0.1) is 22.7 Å². The number of aromatic nitrogens is 1. The Kier molecular flexibility index (Phi) is 4.77. The van der Waals surface area contributed by atoms with Crippen molar-refractivity contribution in [2.75, 3.05) is 0 Å². The van der Waals surface area contributed by atoms with Gasteiger partial charge in [0.2, 0.25) is 0 Å². The summed E-state index contributed by atoms with van der Waals surface area (Å²) in [7, 11) is 0. The molecule has 1 aliphatic carbocycles. The Morgan fingerprint density at radius 2 is 2.16 bits per heavy atom. The van der Waals surface area contributed by atoms with Crippen LogP contribution in [0.3, 0.4) is 0 Å². The summed E-state index contributed by atoms with van der Waals surface area (Å²) in [5, 5.41) is 0. The first-order valence-corrected chi connectivity index (χ1v) is 7.23. The molecule has 0 saturated carbocycles. The summed E-state index contributed by atoms with van der Waals surface area (Å²) in [4.78, 5) is 4.91. The molecule has 0 aromatic carbocycles. The number of halogens is 1. The van der Waals surface area contributed by atoms with Gasteiger partial charge in [-0.2, -0.15) is 3.89 Å². The molecule has 2 rings (SSSR count). The molecule has 19 heavy (non-hydrogen) atoms. The number of pyridine rings is 1. The van der Waals surface area contributed by atoms with Crippen LogP contribution in [0.1, 0.15) is 37.6 Å². The molecule has 1 unspecified atom stereocenters. The molecule has 4 heteroatoms. The van der Waals surface area contributed by atoms with Gasteiger partial charge in [-0.15, -0.1) is 0 Å². The van der Waals surface area contributed by atoms with Crippen molar-refractivity contribution in [2.24, 2.45) is 5.73 Å². The number of allylic oxidation sites excluding steroid dienone is 1. The minimum absolute atomic E-state index is 0.0938. The zero-order valence-electron chi connectivity index (χ0n) is 11.3. The minimum Gasteiger partial charge on any atom is -0.324 e. The molecule has 1 aromatic rings. The maximum Gasteiger partial charge on any atom is 0.0835 e. The first-order chi connectivity index (χ1) is 9.11. The summed E-state index contributed by atoms with van der Waals surface area (Å²) in [6.07, 6.45) is 7.14. The molecule has 0 saturated heterocycles. The zero-order valence-corrected chi connectivity index (χ0v) is 12.1. The Morgan fingerprint density at radius 1 is 1.37 bits per heavy atom. The number of hydrogen-bond acceptors (Lipinski definition) is 3. The summed E-state index contributed by atoms with van der Waals surface area (Å²) >= 11 is 0.231. The predicted molar refractivity (Wildman–Crippen MR) is 79.5 cm³/mol. The van der Waals surface area contributed by atoms with E-state index in [0.29, 0.717) is 10.6 Å². The van der Waals surface area contributed by atoms with E-state index in [2.05, 4.69) is 11.9 Å². The predicted octanol–water partition coefficient (Wildman–Crippen LogP) is 4.21. The average Bonchev–Trinajstić information content (AvgIpc) is 2.38. The van der Waals surface area contributed by atoms with E-state index in [4.69, 9.17) is 5.73 Å². The molecule has 0 bridgehead atoms. The highest BCUT2D eigenvalue weighted by atomic mass is 32.2. The van der Waals surface area contributed by atoms with Gasteiger partial charge >= 0.3 is 0 Å². The summed E-state index contributed by atoms with van der Waals surface area (Å²) < 4.78 is 12.8. The first-order valence-electron chi connectivity index (χ1n) is 6.51. The highest BCUT2D eigenvalue weighted by Gasteiger charge is 2.15. The van der Waals surface area contributed by atoms with Gasteiger partial charge in [-0.1, -0.05) is 11.6 Å². The monoisotopic (exact) mass is 278 g/mol. The fourth-order valence-electron chi connectivity index (χ4n) is 2.39. The van der Waals surface area contributed by atoms with Crippen molar-refractivity contribution in [2.45, 2.75) is 44.0 Å². The fraction of sp³-hybridized carbons (Fsp3) is 0.400. The van der Waals surface area contributed by atoms with Crippen molar-refractivity contribution in [3.05, 3.63) is 40.7 Å². The van der Waals surface area contributed by atoms with Gasteiger partial charge in [0, 0.05) is 11.7 Å². The topological polar surface area (TPSA) is 38.9 Å². The lowest BCUT2D eigenvalue weighted by molar-refractivity contribution is 0.605. The molecule has 0 radical (unpaired) electrons. The van der Waals surface area contributed by atoms with Crippen LogP contribution >= 0.6 is 12.1 Å². The molecule has 2 nitrogen and oxygen atoms in total. The quantitative estimate of drug-likeness (QED) is 0.900. The number of nitrogens with two attached hydrogens (primary N) is 1. The molecular formula is C15H19FN2S. The van der Waals surface area contributed by atoms with Gasteiger partial charge in [0.1, 0.15) is 0 Å². The van der Waals surface area contributed by atoms with Crippen molar-refractivity contribution in [1.29, 1.82) is 0 Å². The molecule has 1 heterocycles. The van der Waals surface area contributed by atoms with E-state index in [-0.39, 0.29) is 18.2 Å². The van der Waals surface area contributed by atoms with Crippen molar-refractivity contribution in [3.63, 3.8) is 0 Å². The number of nitrogens with zero attached hydrogens (tertiary/aromatic N) is 1. The van der Waals surface area contributed by atoms with Gasteiger partial charge in [-0.25, -0.2) is 0 Å². The van der Waals surface area contributed by atoms with Gasteiger partial charge in [-0.3, -0.25) is 4.98 Å². The molecule has 0 amide bonds. The third-order valence-electron chi connectivity index (χ3n) is 3.49. The van der Waals surface area contributed by atoms with Gasteiger partial charge < -0.3 is 5.73 Å². The van der Waals surface area contributed by atoms with E-state index in [9.17, 15) is 3.89 Å². The van der Waals surface area contributed by atoms with Crippen LogP contribution in [0.15, 0.2) is 34.3 Å². The Hall–Kier alpha value is -1.13. The van der Waals surface area contributed by atoms with Gasteiger partial charge in [-0.05, 0) is 56.9 Å². The SMILES string of the molecule is CC1=C(/C=C/c2nc(C)ccc2SF)C(N)CCC1. The Labute approximate surface area is 118 Å². The summed E-state index contributed by atoms with van der Waals surface area (Å²) in [6.45, 7) is 4.02. The third kappa shape index (κ3) is 3.45. The molecule has 0 fully saturated rings. The molecule has 1 aromatic heterocycles. The maximum atomic E-state index is 12.8. The standard InChI is InChI=1S/C15H19FN2S/c1-10-4-3-5-13(17)12(10)7-8-14-15(19-16)9-6-11(2)18-14/h6-9,13H,3-5,17H2,1-2H3/b8-7+. The van der Waals surface area contributed by atoms with Crippen molar-refractivity contribution < 1.29 is 3.89 Å². The van der Waals surface area contributed by atoms with Crippen LogP contribution in [0.2, 0.25) is 0 Å². The van der Waals surface area contributed by atoms with E-state index in [1.807, 2.05) is 25.1 Å². The lowest BCUT2D eigenvalue weighted by Gasteiger charge is -2.21. The van der Waals surface area contributed by atoms with Crippen molar-refractivity contribution >= 4 is 18.2 Å². The minimum atomic E-state index is 0.0938. The Morgan fingerprint density at radius 3 is 2.84 bits per heavy atom. The Balaban J connectivity index is 2.30. The summed E-state index contributed by atoms with van der Waals surface area (Å²) in [6, 6.07) is 3.67. The average molecular weight is 278 g/mol. The normalized spacial score (nSPS) is 20.3. The summed E-state index contributed by atoms with van der Waals surface area (Å²) in [5.74, 6) is 0. The van der Waals surface area contributed by atoms with Crippen molar-refractivity contribution in [3.8, 4) is 0 Å². The molecule has 102 valence electrons. The smallest absolute Gasteiger partial charge is 0.0835 e. The van der Waals surface area contributed by atoms with Crippen LogP contribution in [-0.4, -0.2) is 11.0 Å². The third-order valence-corrected chi connectivity index (χ3v) is 4.00. The molecule has 0 spiro atoms. The van der Waals surface area contributed by atoms with Crippen LogP contribution < -0.4 is 5.73 Å². The van der Waals surface area contributed by atoms with Crippen molar-refractivity contribution in [1.82, 2.24) is 4.98 Å². The molecule has 0 aliphatic heterocycles. The van der Waals surface area contributed by atoms with Crippen LogP contribution in [0.25, 0.3) is 6.08 Å². The molecular weight excluding hydrogens is 259 g/mol. The lowest BCUT2D eigenvalue weighted by Crippen LogP contribution is -2.25. The number of rotatable bonds is 3. The Bertz CT molecular complexity index is 523. The van der Waals surface area contributed by atoms with E-state index in [1.54, 1.807) is 6.07 Å². The molecule has 2 N–H and O–H groups in total. The largest absolute Gasteiger partial charge is 0.324 e. The van der Waals surface area contributed by atoms with Crippen LogP contribution in [0.5, 0.6) is 0 Å². The van der Waals surface area contributed by atoms with Crippen LogP contribution in [0, 0.1) is 6.92 Å². The molecule has 1 atom stereocenters. The van der Waals surface area contributed by atoms with E-state index >= 15 is 0 Å². The fourth-order valence-corrected chi connectivity index (χ4v) is 2.70. The highest BCUT2D eigenvalue weighted by Crippen LogP contribution is 2.27. The second-order valence-corrected chi connectivity index (χ2v) is 5.58. The van der Waals surface area contributed by atoms with Crippen LogP contribution in [0.4, 0.5) is 3.89 Å². The van der Waals surface area contributed by atoms with E-state index in [1.165, 1.54) is 11.1 Å². The molecule has 1 aliphatic rings. The van der Waals surface area contributed by atoms with Gasteiger partial charge in [0.25, 0.3) is 0 Å². The van der Waals surface area contributed by atoms with E-state index < -0.39 is 0 Å². The lowest BCUT2D eigenvalue weighted by atomic mass is 9.88. The second kappa shape index (κ2) is 6.35. The number of hydrogen-bond donors (Lipinski definition) is 1. The second-order valence-electron chi connectivity index (χ2n) is 4.98. The van der Waals surface area contributed by atoms with Gasteiger partial charge in [0.15, 0.2) is 0 Å². The highest BCUT2D eigenvalue weighted by molar-refractivity contribution is 7.94. The number of aryl methyl sites for hydroxylation is 1. The summed E-state index contributed by atoms with van der Waals surface area (Å²) in [5.41, 5.74) is 10.2. The first kappa shape index (κ1) is 14.3. The van der Waals surface area contributed by atoms with E-state index in [0.717, 1.165) is 25.0 Å². The zero-order chi connectivity index (χ0) is 13.8. The van der Waals surface area contributed by atoms with Crippen LogP contribution in [-0.2, 0) is 0 Å².